The minimum Gasteiger partial charge on any atom is -0.307 e. The molecule has 2 amide bonds. The summed E-state index contributed by atoms with van der Waals surface area (Å²) in [7, 11) is 0. The van der Waals surface area contributed by atoms with Gasteiger partial charge in [-0.2, -0.15) is 18.4 Å². The molecule has 10 heteroatoms. The van der Waals surface area contributed by atoms with Crippen LogP contribution < -0.4 is 10.2 Å². The van der Waals surface area contributed by atoms with E-state index in [0.29, 0.717) is 21.7 Å². The maximum atomic E-state index is 12.9. The van der Waals surface area contributed by atoms with Gasteiger partial charge in [0.05, 0.1) is 22.9 Å². The molecule has 0 aliphatic rings. The van der Waals surface area contributed by atoms with Crippen molar-refractivity contribution in [2.75, 3.05) is 22.1 Å². The van der Waals surface area contributed by atoms with Crippen molar-refractivity contribution < 1.29 is 18.0 Å². The van der Waals surface area contributed by atoms with Crippen LogP contribution in [0.3, 0.4) is 0 Å². The number of carbonyl (C=O) groups excluding carboxylic acids is 1. The number of nitriles is 1. The normalized spacial score (nSPS) is 11.0. The van der Waals surface area contributed by atoms with E-state index in [1.165, 1.54) is 28.4 Å². The van der Waals surface area contributed by atoms with Crippen LogP contribution in [-0.2, 0) is 6.18 Å². The number of alkyl halides is 4. The van der Waals surface area contributed by atoms with Gasteiger partial charge in [0.25, 0.3) is 0 Å². The molecule has 2 aromatic carbocycles. The smallest absolute Gasteiger partial charge is 0.307 e. The van der Waals surface area contributed by atoms with Crippen LogP contribution in [0.25, 0.3) is 11.3 Å². The van der Waals surface area contributed by atoms with Gasteiger partial charge in [-0.15, -0.1) is 11.3 Å². The summed E-state index contributed by atoms with van der Waals surface area (Å²) in [5.41, 5.74) is 1.00. The number of nitrogens with one attached hydrogen (secondary N) is 1. The second kappa shape index (κ2) is 9.28. The van der Waals surface area contributed by atoms with E-state index in [1.807, 2.05) is 0 Å². The largest absolute Gasteiger partial charge is 0.416 e. The highest BCUT2D eigenvalue weighted by molar-refractivity contribution is 9.09. The summed E-state index contributed by atoms with van der Waals surface area (Å²) >= 11 is 4.50. The molecule has 0 saturated heterocycles. The van der Waals surface area contributed by atoms with Gasteiger partial charge >= 0.3 is 12.2 Å². The molecule has 3 rings (SSSR count). The van der Waals surface area contributed by atoms with Gasteiger partial charge in [-0.05, 0) is 30.3 Å². The molecule has 1 aromatic heterocycles. The van der Waals surface area contributed by atoms with E-state index in [9.17, 15) is 18.0 Å². The van der Waals surface area contributed by atoms with Crippen molar-refractivity contribution in [3.05, 3.63) is 65.0 Å². The van der Waals surface area contributed by atoms with Gasteiger partial charge in [0.1, 0.15) is 0 Å². The highest BCUT2D eigenvalue weighted by Crippen LogP contribution is 2.31. The van der Waals surface area contributed by atoms with E-state index in [0.717, 1.165) is 17.7 Å². The van der Waals surface area contributed by atoms with Gasteiger partial charge in [0.15, 0.2) is 5.13 Å². The van der Waals surface area contributed by atoms with Crippen molar-refractivity contribution in [2.45, 2.75) is 6.18 Å². The minimum atomic E-state index is -4.50. The Morgan fingerprint density at radius 3 is 2.70 bits per heavy atom. The first-order valence-electron chi connectivity index (χ1n) is 8.59. The molecule has 0 radical (unpaired) electrons. The van der Waals surface area contributed by atoms with Gasteiger partial charge in [-0.25, -0.2) is 9.78 Å². The fraction of sp³-hybridized carbons (Fsp3) is 0.150. The molecule has 154 valence electrons. The first kappa shape index (κ1) is 21.8. The summed E-state index contributed by atoms with van der Waals surface area (Å²) < 4.78 is 38.7. The topological polar surface area (TPSA) is 69.0 Å². The molecule has 0 aliphatic carbocycles. The van der Waals surface area contributed by atoms with Crippen molar-refractivity contribution >= 4 is 44.1 Å². The first-order chi connectivity index (χ1) is 14.3. The van der Waals surface area contributed by atoms with Gasteiger partial charge in [-0.1, -0.05) is 34.1 Å². The van der Waals surface area contributed by atoms with E-state index in [2.05, 4.69) is 32.3 Å². The number of rotatable bonds is 5. The zero-order valence-corrected chi connectivity index (χ0v) is 17.7. The lowest BCUT2D eigenvalue weighted by atomic mass is 10.1. The van der Waals surface area contributed by atoms with Gasteiger partial charge < -0.3 is 5.32 Å². The van der Waals surface area contributed by atoms with Crippen LogP contribution in [0.5, 0.6) is 0 Å². The Morgan fingerprint density at radius 2 is 2.00 bits per heavy atom. The lowest BCUT2D eigenvalue weighted by Gasteiger charge is -2.19. The molecule has 0 unspecified atom stereocenters. The number of amides is 2. The number of halogens is 4. The molecule has 1 heterocycles. The van der Waals surface area contributed by atoms with Crippen LogP contribution in [0, 0.1) is 11.3 Å². The monoisotopic (exact) mass is 494 g/mol. The number of aromatic nitrogens is 1. The Bertz CT molecular complexity index is 1090. The Kier molecular flexibility index (Phi) is 6.74. The van der Waals surface area contributed by atoms with Crippen molar-refractivity contribution in [1.29, 1.82) is 5.26 Å². The molecular weight excluding hydrogens is 481 g/mol. The molecular formula is C20H14BrF3N4OS. The Balaban J connectivity index is 1.83. The lowest BCUT2D eigenvalue weighted by molar-refractivity contribution is -0.137. The predicted molar refractivity (Wildman–Crippen MR) is 114 cm³/mol. The van der Waals surface area contributed by atoms with Crippen LogP contribution >= 0.6 is 27.3 Å². The fourth-order valence-corrected chi connectivity index (χ4v) is 3.81. The number of hydrogen-bond donors (Lipinski definition) is 1. The van der Waals surface area contributed by atoms with Crippen LogP contribution in [0.2, 0.25) is 0 Å². The van der Waals surface area contributed by atoms with Gasteiger partial charge in [0.2, 0.25) is 0 Å². The molecule has 0 spiro atoms. The quantitative estimate of drug-likeness (QED) is 0.433. The molecule has 0 atom stereocenters. The van der Waals surface area contributed by atoms with Crippen molar-refractivity contribution in [3.63, 3.8) is 0 Å². The molecule has 5 nitrogen and oxygen atoms in total. The van der Waals surface area contributed by atoms with Crippen LogP contribution in [0.4, 0.5) is 28.8 Å². The number of anilines is 2. The Morgan fingerprint density at radius 1 is 1.23 bits per heavy atom. The zero-order chi connectivity index (χ0) is 21.7. The maximum Gasteiger partial charge on any atom is 0.416 e. The Labute approximate surface area is 182 Å². The van der Waals surface area contributed by atoms with E-state index in [1.54, 1.807) is 29.6 Å². The Hall–Kier alpha value is -2.90. The highest BCUT2D eigenvalue weighted by Gasteiger charge is 2.30. The standard InChI is InChI=1S/C20H14BrF3N4OS/c21-7-8-28(18(29)26-16-6-2-5-15(10-16)20(22,23)24)19-27-17(12-30-19)14-4-1-3-13(9-14)11-25/h1-6,9-10,12H,7-8H2,(H,26,29). The van der Waals surface area contributed by atoms with Crippen molar-refractivity contribution in [2.24, 2.45) is 0 Å². The van der Waals surface area contributed by atoms with Crippen molar-refractivity contribution in [3.8, 4) is 17.3 Å². The molecule has 0 aliphatic heterocycles. The number of benzene rings is 2. The third-order valence-electron chi connectivity index (χ3n) is 4.00. The highest BCUT2D eigenvalue weighted by atomic mass is 79.9. The average Bonchev–Trinajstić information content (AvgIpc) is 3.21. The van der Waals surface area contributed by atoms with Crippen LogP contribution in [-0.4, -0.2) is 22.9 Å². The maximum absolute atomic E-state index is 12.9. The number of nitrogens with zero attached hydrogens (tertiary/aromatic N) is 3. The third-order valence-corrected chi connectivity index (χ3v) is 5.22. The van der Waals surface area contributed by atoms with E-state index in [4.69, 9.17) is 5.26 Å². The molecule has 3 aromatic rings. The van der Waals surface area contributed by atoms with Crippen LogP contribution in [0.15, 0.2) is 53.9 Å². The van der Waals surface area contributed by atoms with E-state index < -0.39 is 17.8 Å². The molecule has 0 fully saturated rings. The van der Waals surface area contributed by atoms with E-state index >= 15 is 0 Å². The number of hydrogen-bond acceptors (Lipinski definition) is 4. The molecule has 1 N–H and O–H groups in total. The molecule has 0 bridgehead atoms. The minimum absolute atomic E-state index is 0.0351. The SMILES string of the molecule is N#Cc1cccc(-c2csc(N(CCBr)C(=O)Nc3cccc(C(F)(F)F)c3)n2)c1. The summed E-state index contributed by atoms with van der Waals surface area (Å²) in [4.78, 5) is 18.6. The van der Waals surface area contributed by atoms with Gasteiger partial charge in [0, 0.05) is 28.5 Å². The number of carbonyl (C=O) groups is 1. The predicted octanol–water partition coefficient (Wildman–Crippen LogP) is 6.13. The third kappa shape index (κ3) is 5.17. The van der Waals surface area contributed by atoms with Crippen LogP contribution in [0.1, 0.15) is 11.1 Å². The summed E-state index contributed by atoms with van der Waals surface area (Å²) in [6.07, 6.45) is -4.50. The summed E-state index contributed by atoms with van der Waals surface area (Å²) in [5.74, 6) is 0. The average molecular weight is 495 g/mol. The second-order valence-corrected chi connectivity index (χ2v) is 7.69. The molecule has 0 saturated carbocycles. The van der Waals surface area contributed by atoms with Crippen molar-refractivity contribution in [1.82, 2.24) is 4.98 Å². The summed E-state index contributed by atoms with van der Waals surface area (Å²) in [6.45, 7) is 0.260. The summed E-state index contributed by atoms with van der Waals surface area (Å²) in [5, 5.41) is 14.1. The second-order valence-electron chi connectivity index (χ2n) is 6.06. The summed E-state index contributed by atoms with van der Waals surface area (Å²) in [6, 6.07) is 12.8. The first-order valence-corrected chi connectivity index (χ1v) is 10.6. The number of urea groups is 1. The molecule has 30 heavy (non-hydrogen) atoms. The lowest BCUT2D eigenvalue weighted by Crippen LogP contribution is -2.36. The van der Waals surface area contributed by atoms with E-state index in [-0.39, 0.29) is 12.2 Å². The fourth-order valence-electron chi connectivity index (χ4n) is 2.60. The number of thiazole rings is 1. The van der Waals surface area contributed by atoms with Gasteiger partial charge in [-0.3, -0.25) is 4.90 Å². The zero-order valence-electron chi connectivity index (χ0n) is 15.3.